The zero-order valence-electron chi connectivity index (χ0n) is 9.26. The number of halogens is 3. The first kappa shape index (κ1) is 13.9. The largest absolute Gasteiger partial charge is 0.495 e. The highest BCUT2D eigenvalue weighted by Crippen LogP contribution is 2.34. The van der Waals surface area contributed by atoms with E-state index in [-0.39, 0.29) is 22.2 Å². The molecule has 0 saturated carbocycles. The lowest BCUT2D eigenvalue weighted by atomic mass is 10.00. The van der Waals surface area contributed by atoms with Crippen LogP contribution in [-0.4, -0.2) is 18.2 Å². The number of rotatable bonds is 4. The van der Waals surface area contributed by atoms with E-state index in [0.29, 0.717) is 0 Å². The van der Waals surface area contributed by atoms with Crippen LogP contribution in [0.5, 0.6) is 5.75 Å². The van der Waals surface area contributed by atoms with Crippen LogP contribution < -0.4 is 4.74 Å². The molecule has 6 heteroatoms. The smallest absolute Gasteiger partial charge is 0.306 e. The van der Waals surface area contributed by atoms with Crippen LogP contribution in [0.1, 0.15) is 12.5 Å². The maximum absolute atomic E-state index is 13.6. The van der Waals surface area contributed by atoms with Crippen molar-refractivity contribution in [2.45, 2.75) is 13.3 Å². The zero-order chi connectivity index (χ0) is 13.2. The molecule has 1 unspecified atom stereocenters. The first-order valence-electron chi connectivity index (χ1n) is 4.81. The summed E-state index contributed by atoms with van der Waals surface area (Å²) in [6.07, 6.45) is -0.138. The summed E-state index contributed by atoms with van der Waals surface area (Å²) in [5.41, 5.74) is -0.0747. The van der Waals surface area contributed by atoms with Crippen molar-refractivity contribution in [2.75, 3.05) is 7.11 Å². The van der Waals surface area contributed by atoms with Gasteiger partial charge in [-0.05, 0) is 28.4 Å². The summed E-state index contributed by atoms with van der Waals surface area (Å²) < 4.78 is 32.0. The standard InChI is InChI=1S/C11H11BrF2O3/c1-5(11(15)16)3-6-9(14)8(13)4-7(12)10(6)17-2/h4-5H,3H2,1-2H3,(H,15,16). The molecular formula is C11H11BrF2O3. The molecule has 1 N–H and O–H groups in total. The molecule has 0 aromatic heterocycles. The van der Waals surface area contributed by atoms with Gasteiger partial charge >= 0.3 is 5.97 Å². The van der Waals surface area contributed by atoms with Crippen molar-refractivity contribution in [3.05, 3.63) is 27.7 Å². The second-order valence-electron chi connectivity index (χ2n) is 3.61. The van der Waals surface area contributed by atoms with Crippen molar-refractivity contribution in [3.63, 3.8) is 0 Å². The molecule has 0 radical (unpaired) electrons. The molecule has 1 rings (SSSR count). The number of ether oxygens (including phenoxy) is 1. The highest BCUT2D eigenvalue weighted by Gasteiger charge is 2.22. The third kappa shape index (κ3) is 2.94. The Balaban J connectivity index is 3.25. The van der Waals surface area contributed by atoms with E-state index in [1.54, 1.807) is 0 Å². The van der Waals surface area contributed by atoms with Gasteiger partial charge in [-0.3, -0.25) is 4.79 Å². The van der Waals surface area contributed by atoms with Crippen LogP contribution >= 0.6 is 15.9 Å². The quantitative estimate of drug-likeness (QED) is 0.870. The Labute approximate surface area is 106 Å². The molecule has 0 bridgehead atoms. The number of methoxy groups -OCH3 is 1. The molecule has 0 spiro atoms. The van der Waals surface area contributed by atoms with E-state index in [2.05, 4.69) is 15.9 Å². The van der Waals surface area contributed by atoms with Crippen molar-refractivity contribution >= 4 is 21.9 Å². The maximum Gasteiger partial charge on any atom is 0.306 e. The summed E-state index contributed by atoms with van der Waals surface area (Å²) >= 11 is 3.04. The van der Waals surface area contributed by atoms with Crippen LogP contribution in [-0.2, 0) is 11.2 Å². The number of carbonyl (C=O) groups is 1. The molecule has 0 heterocycles. The summed E-state index contributed by atoms with van der Waals surface area (Å²) in [4.78, 5) is 10.7. The Hall–Kier alpha value is -1.17. The van der Waals surface area contributed by atoms with E-state index in [1.807, 2.05) is 0 Å². The van der Waals surface area contributed by atoms with Gasteiger partial charge in [0.1, 0.15) is 5.75 Å². The number of carboxylic acids is 1. The second-order valence-corrected chi connectivity index (χ2v) is 4.46. The van der Waals surface area contributed by atoms with Crippen LogP contribution in [0.4, 0.5) is 8.78 Å². The summed E-state index contributed by atoms with van der Waals surface area (Å²) in [5, 5.41) is 8.77. The summed E-state index contributed by atoms with van der Waals surface area (Å²) in [6, 6.07) is 0.948. The molecule has 0 aliphatic heterocycles. The molecule has 1 aromatic carbocycles. The molecule has 1 aromatic rings. The minimum absolute atomic E-state index is 0.0747. The summed E-state index contributed by atoms with van der Waals surface area (Å²) in [6.45, 7) is 1.42. The van der Waals surface area contributed by atoms with Gasteiger partial charge in [0.05, 0.1) is 17.5 Å². The monoisotopic (exact) mass is 308 g/mol. The van der Waals surface area contributed by atoms with Crippen molar-refractivity contribution in [2.24, 2.45) is 5.92 Å². The van der Waals surface area contributed by atoms with E-state index in [4.69, 9.17) is 9.84 Å². The van der Waals surface area contributed by atoms with Crippen molar-refractivity contribution in [1.29, 1.82) is 0 Å². The predicted molar refractivity (Wildman–Crippen MR) is 61.1 cm³/mol. The average Bonchev–Trinajstić information content (AvgIpc) is 2.25. The van der Waals surface area contributed by atoms with Gasteiger partial charge in [0.25, 0.3) is 0 Å². The normalized spacial score (nSPS) is 12.3. The molecule has 17 heavy (non-hydrogen) atoms. The minimum Gasteiger partial charge on any atom is -0.495 e. The summed E-state index contributed by atoms with van der Waals surface area (Å²) in [7, 11) is 1.31. The highest BCUT2D eigenvalue weighted by atomic mass is 79.9. The van der Waals surface area contributed by atoms with Crippen molar-refractivity contribution in [1.82, 2.24) is 0 Å². The van der Waals surface area contributed by atoms with E-state index in [1.165, 1.54) is 14.0 Å². The topological polar surface area (TPSA) is 46.5 Å². The van der Waals surface area contributed by atoms with E-state index < -0.39 is 23.5 Å². The number of hydrogen-bond acceptors (Lipinski definition) is 2. The number of hydrogen-bond donors (Lipinski definition) is 1. The molecule has 0 aliphatic rings. The molecule has 0 fully saturated rings. The van der Waals surface area contributed by atoms with E-state index >= 15 is 0 Å². The Kier molecular flexibility index (Phi) is 4.45. The number of carboxylic acid groups (broad SMARTS) is 1. The van der Waals surface area contributed by atoms with E-state index in [0.717, 1.165) is 6.07 Å². The molecule has 94 valence electrons. The van der Waals surface area contributed by atoms with Crippen molar-refractivity contribution in [3.8, 4) is 5.75 Å². The number of benzene rings is 1. The first-order chi connectivity index (χ1) is 7.88. The first-order valence-corrected chi connectivity index (χ1v) is 5.61. The van der Waals surface area contributed by atoms with Crippen LogP contribution in [0.15, 0.2) is 10.5 Å². The Morgan fingerprint density at radius 2 is 2.18 bits per heavy atom. The third-order valence-electron chi connectivity index (χ3n) is 2.36. The van der Waals surface area contributed by atoms with Gasteiger partial charge in [-0.2, -0.15) is 0 Å². The van der Waals surface area contributed by atoms with Gasteiger partial charge in [0.2, 0.25) is 0 Å². The highest BCUT2D eigenvalue weighted by molar-refractivity contribution is 9.10. The van der Waals surface area contributed by atoms with E-state index in [9.17, 15) is 13.6 Å². The lowest BCUT2D eigenvalue weighted by Gasteiger charge is -2.14. The molecule has 0 saturated heterocycles. The molecule has 0 amide bonds. The molecular weight excluding hydrogens is 298 g/mol. The Morgan fingerprint density at radius 3 is 2.65 bits per heavy atom. The van der Waals surface area contributed by atoms with Gasteiger partial charge in [0.15, 0.2) is 11.6 Å². The lowest BCUT2D eigenvalue weighted by molar-refractivity contribution is -0.141. The zero-order valence-corrected chi connectivity index (χ0v) is 10.8. The Morgan fingerprint density at radius 1 is 1.59 bits per heavy atom. The van der Waals surface area contributed by atoms with Crippen LogP contribution in [0.2, 0.25) is 0 Å². The Bertz CT molecular complexity index is 449. The fraction of sp³-hybridized carbons (Fsp3) is 0.364. The maximum atomic E-state index is 13.6. The van der Waals surface area contributed by atoms with Gasteiger partial charge in [-0.1, -0.05) is 6.92 Å². The third-order valence-corrected chi connectivity index (χ3v) is 2.94. The summed E-state index contributed by atoms with van der Waals surface area (Å²) in [5.74, 6) is -3.89. The minimum atomic E-state index is -1.08. The molecule has 3 nitrogen and oxygen atoms in total. The van der Waals surface area contributed by atoms with Crippen LogP contribution in [0.3, 0.4) is 0 Å². The van der Waals surface area contributed by atoms with Crippen LogP contribution in [0, 0.1) is 17.6 Å². The SMILES string of the molecule is COc1c(Br)cc(F)c(F)c1CC(C)C(=O)O. The van der Waals surface area contributed by atoms with Gasteiger partial charge < -0.3 is 9.84 Å². The second kappa shape index (κ2) is 5.44. The molecule has 1 atom stereocenters. The fourth-order valence-electron chi connectivity index (χ4n) is 1.42. The van der Waals surface area contributed by atoms with Gasteiger partial charge in [0, 0.05) is 5.56 Å². The van der Waals surface area contributed by atoms with Gasteiger partial charge in [-0.15, -0.1) is 0 Å². The van der Waals surface area contributed by atoms with Crippen LogP contribution in [0.25, 0.3) is 0 Å². The molecule has 0 aliphatic carbocycles. The predicted octanol–water partition coefficient (Wildman–Crippen LogP) is 3.00. The number of aliphatic carboxylic acids is 1. The van der Waals surface area contributed by atoms with Crippen molar-refractivity contribution < 1.29 is 23.4 Å². The van der Waals surface area contributed by atoms with Gasteiger partial charge in [-0.25, -0.2) is 8.78 Å². The lowest BCUT2D eigenvalue weighted by Crippen LogP contribution is -2.14. The fourth-order valence-corrected chi connectivity index (χ4v) is 2.03. The average molecular weight is 309 g/mol.